The maximum absolute atomic E-state index is 12.7. The first-order valence-electron chi connectivity index (χ1n) is 8.89. The maximum Gasteiger partial charge on any atom is 0.254 e. The number of carbonyl (C=O) groups excluding carboxylic acids is 2. The zero-order chi connectivity index (χ0) is 20.5. The molecule has 0 unspecified atom stereocenters. The number of aromatic nitrogens is 2. The van der Waals surface area contributed by atoms with Crippen molar-refractivity contribution < 1.29 is 9.59 Å². The van der Waals surface area contributed by atoms with Crippen molar-refractivity contribution in [2.24, 2.45) is 16.5 Å². The van der Waals surface area contributed by atoms with Gasteiger partial charge in [0.05, 0.1) is 6.04 Å². The van der Waals surface area contributed by atoms with Crippen LogP contribution in [-0.4, -0.2) is 39.8 Å². The zero-order valence-corrected chi connectivity index (χ0v) is 16.4. The van der Waals surface area contributed by atoms with Gasteiger partial charge in [0.2, 0.25) is 11.7 Å². The number of hydrogen-bond acceptors (Lipinski definition) is 6. The van der Waals surface area contributed by atoms with Crippen molar-refractivity contribution in [3.8, 4) is 0 Å². The van der Waals surface area contributed by atoms with Crippen LogP contribution in [-0.2, 0) is 17.8 Å². The third kappa shape index (κ3) is 6.02. The number of amides is 1. The van der Waals surface area contributed by atoms with Crippen LogP contribution >= 0.6 is 11.3 Å². The molecule has 0 bridgehead atoms. The second-order valence-electron chi connectivity index (χ2n) is 6.09. The molecule has 5 N–H and O–H groups in total. The SMILES string of the molecule is CCc1cccn(CC(=O)N[C@@H](CCCN=C(N)N)C(=O)c2nccs2)c1=O. The Morgan fingerprint density at radius 3 is 2.82 bits per heavy atom. The van der Waals surface area contributed by atoms with Crippen LogP contribution in [0.25, 0.3) is 0 Å². The zero-order valence-electron chi connectivity index (χ0n) is 15.6. The monoisotopic (exact) mass is 404 g/mol. The maximum atomic E-state index is 12.7. The summed E-state index contributed by atoms with van der Waals surface area (Å²) in [7, 11) is 0. The topological polar surface area (TPSA) is 145 Å². The fourth-order valence-electron chi connectivity index (χ4n) is 2.64. The van der Waals surface area contributed by atoms with Gasteiger partial charge in [0, 0.05) is 29.9 Å². The van der Waals surface area contributed by atoms with Gasteiger partial charge in [0.15, 0.2) is 11.0 Å². The average molecular weight is 404 g/mol. The Morgan fingerprint density at radius 2 is 2.18 bits per heavy atom. The predicted molar refractivity (Wildman–Crippen MR) is 108 cm³/mol. The van der Waals surface area contributed by atoms with Gasteiger partial charge in [-0.25, -0.2) is 4.98 Å². The molecule has 0 aliphatic rings. The number of nitrogens with zero attached hydrogens (tertiary/aromatic N) is 3. The second-order valence-corrected chi connectivity index (χ2v) is 6.99. The molecule has 0 aromatic carbocycles. The lowest BCUT2D eigenvalue weighted by molar-refractivity contribution is -0.122. The van der Waals surface area contributed by atoms with Crippen LogP contribution in [0.15, 0.2) is 39.7 Å². The lowest BCUT2D eigenvalue weighted by atomic mass is 10.1. The number of nitrogens with two attached hydrogens (primary N) is 2. The van der Waals surface area contributed by atoms with Gasteiger partial charge >= 0.3 is 0 Å². The molecule has 150 valence electrons. The van der Waals surface area contributed by atoms with E-state index in [2.05, 4.69) is 15.3 Å². The van der Waals surface area contributed by atoms with E-state index in [9.17, 15) is 14.4 Å². The van der Waals surface area contributed by atoms with Crippen LogP contribution in [0.4, 0.5) is 0 Å². The minimum absolute atomic E-state index is 0.0259. The number of Topliss-reactive ketones (excluding diaryl/α,β-unsaturated/α-hetero) is 1. The number of ketones is 1. The number of rotatable bonds is 10. The van der Waals surface area contributed by atoms with Crippen LogP contribution in [0.1, 0.15) is 35.1 Å². The van der Waals surface area contributed by atoms with E-state index in [-0.39, 0.29) is 23.8 Å². The summed E-state index contributed by atoms with van der Waals surface area (Å²) in [5, 5.41) is 4.73. The molecule has 10 heteroatoms. The van der Waals surface area contributed by atoms with Gasteiger partial charge in [0.1, 0.15) is 6.54 Å². The third-order valence-corrected chi connectivity index (χ3v) is 4.82. The molecule has 2 aromatic rings. The molecule has 2 heterocycles. The van der Waals surface area contributed by atoms with Crippen molar-refractivity contribution in [3.05, 3.63) is 50.8 Å². The van der Waals surface area contributed by atoms with Crippen LogP contribution in [0, 0.1) is 0 Å². The second kappa shape index (κ2) is 10.4. The van der Waals surface area contributed by atoms with Crippen molar-refractivity contribution in [1.82, 2.24) is 14.9 Å². The van der Waals surface area contributed by atoms with E-state index in [4.69, 9.17) is 11.5 Å². The Kier molecular flexibility index (Phi) is 7.88. The number of nitrogens with one attached hydrogen (secondary N) is 1. The van der Waals surface area contributed by atoms with Gasteiger partial charge in [-0.2, -0.15) is 0 Å². The summed E-state index contributed by atoms with van der Waals surface area (Å²) in [6.45, 7) is 2.06. The molecule has 0 saturated carbocycles. The first-order valence-corrected chi connectivity index (χ1v) is 9.77. The Labute approximate surface area is 166 Å². The summed E-state index contributed by atoms with van der Waals surface area (Å²) < 4.78 is 1.33. The summed E-state index contributed by atoms with van der Waals surface area (Å²) in [6.07, 6.45) is 4.52. The highest BCUT2D eigenvalue weighted by atomic mass is 32.1. The van der Waals surface area contributed by atoms with Crippen molar-refractivity contribution >= 4 is 29.0 Å². The highest BCUT2D eigenvalue weighted by molar-refractivity contribution is 7.11. The van der Waals surface area contributed by atoms with Crippen molar-refractivity contribution in [2.75, 3.05) is 6.54 Å². The number of guanidine groups is 1. The van der Waals surface area contributed by atoms with Gasteiger partial charge in [-0.15, -0.1) is 11.3 Å². The van der Waals surface area contributed by atoms with Crippen molar-refractivity contribution in [1.29, 1.82) is 0 Å². The first kappa shape index (κ1) is 21.3. The highest BCUT2D eigenvalue weighted by Crippen LogP contribution is 2.11. The smallest absolute Gasteiger partial charge is 0.254 e. The van der Waals surface area contributed by atoms with Gasteiger partial charge in [-0.05, 0) is 25.3 Å². The third-order valence-electron chi connectivity index (χ3n) is 4.03. The molecule has 0 spiro atoms. The number of carbonyl (C=O) groups is 2. The fraction of sp³-hybridized carbons (Fsp3) is 0.389. The Bertz CT molecular complexity index is 887. The quantitative estimate of drug-likeness (QED) is 0.224. The number of aryl methyl sites for hydroxylation is 1. The molecule has 0 fully saturated rings. The van der Waals surface area contributed by atoms with E-state index in [1.807, 2.05) is 6.92 Å². The van der Waals surface area contributed by atoms with E-state index >= 15 is 0 Å². The molecular formula is C18H24N6O3S. The van der Waals surface area contributed by atoms with E-state index in [0.29, 0.717) is 36.4 Å². The number of aliphatic imine (C=N–C) groups is 1. The summed E-state index contributed by atoms with van der Waals surface area (Å²) in [5.41, 5.74) is 11.0. The lowest BCUT2D eigenvalue weighted by Crippen LogP contribution is -2.43. The summed E-state index contributed by atoms with van der Waals surface area (Å²) in [5.74, 6) is -0.725. The lowest BCUT2D eigenvalue weighted by Gasteiger charge is -2.17. The van der Waals surface area contributed by atoms with E-state index < -0.39 is 11.9 Å². The fourth-order valence-corrected chi connectivity index (χ4v) is 3.27. The standard InChI is InChI=1S/C18H24N6O3S/c1-2-12-5-4-9-24(17(12)27)11-14(25)23-13(6-3-7-22-18(19)20)15(26)16-21-8-10-28-16/h4-5,8-10,13H,2-3,6-7,11H2,1H3,(H,23,25)(H4,19,20,22)/t13-/m0/s1. The molecule has 1 amide bonds. The molecule has 2 rings (SSSR count). The first-order chi connectivity index (χ1) is 13.4. The van der Waals surface area contributed by atoms with Crippen LogP contribution in [0.2, 0.25) is 0 Å². The Hall–Kier alpha value is -3.01. The van der Waals surface area contributed by atoms with Crippen molar-refractivity contribution in [2.45, 2.75) is 38.8 Å². The molecule has 9 nitrogen and oxygen atoms in total. The molecule has 28 heavy (non-hydrogen) atoms. The minimum atomic E-state index is -0.766. The van der Waals surface area contributed by atoms with Crippen LogP contribution in [0.3, 0.4) is 0 Å². The summed E-state index contributed by atoms with van der Waals surface area (Å²) in [6, 6.07) is 2.69. The molecule has 0 radical (unpaired) electrons. The van der Waals surface area contributed by atoms with Crippen molar-refractivity contribution in [3.63, 3.8) is 0 Å². The minimum Gasteiger partial charge on any atom is -0.370 e. The number of thiazole rings is 1. The normalized spacial score (nSPS) is 11.6. The van der Waals surface area contributed by atoms with Crippen LogP contribution in [0.5, 0.6) is 0 Å². The van der Waals surface area contributed by atoms with Gasteiger partial charge in [-0.3, -0.25) is 19.4 Å². The largest absolute Gasteiger partial charge is 0.370 e. The van der Waals surface area contributed by atoms with Gasteiger partial charge < -0.3 is 21.4 Å². The molecule has 0 aliphatic heterocycles. The highest BCUT2D eigenvalue weighted by Gasteiger charge is 2.24. The van der Waals surface area contributed by atoms with E-state index in [0.717, 1.165) is 0 Å². The average Bonchev–Trinajstić information content (AvgIpc) is 3.20. The Morgan fingerprint density at radius 1 is 1.39 bits per heavy atom. The number of hydrogen-bond donors (Lipinski definition) is 3. The van der Waals surface area contributed by atoms with Gasteiger partial charge in [-0.1, -0.05) is 13.0 Å². The van der Waals surface area contributed by atoms with Crippen LogP contribution < -0.4 is 22.3 Å². The van der Waals surface area contributed by atoms with E-state index in [1.54, 1.807) is 23.7 Å². The number of pyridine rings is 1. The predicted octanol–water partition coefficient (Wildman–Crippen LogP) is 0.289. The molecule has 2 aromatic heterocycles. The van der Waals surface area contributed by atoms with Gasteiger partial charge in [0.25, 0.3) is 5.56 Å². The summed E-state index contributed by atoms with van der Waals surface area (Å²) >= 11 is 1.21. The molecule has 0 saturated heterocycles. The molecular weight excluding hydrogens is 380 g/mol. The molecule has 1 atom stereocenters. The Balaban J connectivity index is 2.08. The summed E-state index contributed by atoms with van der Waals surface area (Å²) in [4.78, 5) is 45.3. The molecule has 0 aliphatic carbocycles. The van der Waals surface area contributed by atoms with E-state index in [1.165, 1.54) is 22.1 Å².